The SMILES string of the molecule is CC12CN3CC(c4ccccc4)(CN(C1)C3c1ccccc1O)C2=O. The third kappa shape index (κ3) is 1.92. The summed E-state index contributed by atoms with van der Waals surface area (Å²) in [4.78, 5) is 18.2. The molecule has 2 aromatic carbocycles. The van der Waals surface area contributed by atoms with Crippen molar-refractivity contribution in [2.75, 3.05) is 26.2 Å². The van der Waals surface area contributed by atoms with Crippen molar-refractivity contribution in [3.63, 3.8) is 0 Å². The lowest BCUT2D eigenvalue weighted by Crippen LogP contribution is -2.77. The number of carbonyl (C=O) groups excluding carboxylic acids is 1. The molecule has 128 valence electrons. The molecule has 4 bridgehead atoms. The smallest absolute Gasteiger partial charge is 0.154 e. The zero-order valence-corrected chi connectivity index (χ0v) is 14.4. The van der Waals surface area contributed by atoms with Gasteiger partial charge >= 0.3 is 0 Å². The largest absolute Gasteiger partial charge is 0.508 e. The van der Waals surface area contributed by atoms with Gasteiger partial charge in [-0.1, -0.05) is 55.5 Å². The minimum absolute atomic E-state index is 0.0548. The fourth-order valence-corrected chi connectivity index (χ4v) is 5.41. The molecule has 4 saturated heterocycles. The zero-order chi connectivity index (χ0) is 17.2. The molecule has 2 atom stereocenters. The maximum absolute atomic E-state index is 13.4. The number of para-hydroxylation sites is 1. The van der Waals surface area contributed by atoms with Crippen molar-refractivity contribution < 1.29 is 9.90 Å². The van der Waals surface area contributed by atoms with Crippen LogP contribution in [0.5, 0.6) is 5.75 Å². The second kappa shape index (κ2) is 4.93. The summed E-state index contributed by atoms with van der Waals surface area (Å²) < 4.78 is 0. The molecule has 0 amide bonds. The second-order valence-electron chi connectivity index (χ2n) is 8.08. The molecule has 4 aliphatic heterocycles. The van der Waals surface area contributed by atoms with Crippen molar-refractivity contribution in [1.82, 2.24) is 9.80 Å². The number of Topliss-reactive ketones (excluding diaryl/α,β-unsaturated/α-hetero) is 1. The summed E-state index contributed by atoms with van der Waals surface area (Å²) >= 11 is 0. The maximum atomic E-state index is 13.4. The van der Waals surface area contributed by atoms with Gasteiger partial charge in [0.15, 0.2) is 5.78 Å². The van der Waals surface area contributed by atoms with Gasteiger partial charge in [-0.05, 0) is 11.6 Å². The first-order chi connectivity index (χ1) is 12.0. The van der Waals surface area contributed by atoms with Crippen LogP contribution in [0.4, 0.5) is 0 Å². The first-order valence-corrected chi connectivity index (χ1v) is 8.90. The van der Waals surface area contributed by atoms with Gasteiger partial charge in [-0.2, -0.15) is 0 Å². The molecule has 0 radical (unpaired) electrons. The molecule has 0 spiro atoms. The van der Waals surface area contributed by atoms with Crippen molar-refractivity contribution in [2.24, 2.45) is 5.41 Å². The molecule has 0 aromatic heterocycles. The molecule has 4 nitrogen and oxygen atoms in total. The molecule has 0 saturated carbocycles. The second-order valence-corrected chi connectivity index (χ2v) is 8.08. The van der Waals surface area contributed by atoms with Crippen molar-refractivity contribution in [2.45, 2.75) is 18.5 Å². The molecular formula is C21H22N2O2. The van der Waals surface area contributed by atoms with E-state index in [2.05, 4.69) is 28.9 Å². The van der Waals surface area contributed by atoms with Gasteiger partial charge in [-0.3, -0.25) is 14.6 Å². The predicted molar refractivity (Wildman–Crippen MR) is 95.2 cm³/mol. The zero-order valence-electron chi connectivity index (χ0n) is 14.4. The number of hydrogen-bond donors (Lipinski definition) is 1. The number of hydrogen-bond acceptors (Lipinski definition) is 4. The summed E-state index contributed by atoms with van der Waals surface area (Å²) in [6.45, 7) is 5.07. The molecule has 2 unspecified atom stereocenters. The molecule has 2 aromatic rings. The van der Waals surface area contributed by atoms with Crippen LogP contribution < -0.4 is 0 Å². The summed E-state index contributed by atoms with van der Waals surface area (Å²) in [5.41, 5.74) is 1.28. The van der Waals surface area contributed by atoms with E-state index in [0.29, 0.717) is 11.5 Å². The number of phenols is 1. The number of piperidine rings is 2. The Bertz CT molecular complexity index is 832. The Labute approximate surface area is 147 Å². The van der Waals surface area contributed by atoms with E-state index in [1.165, 1.54) is 0 Å². The molecule has 25 heavy (non-hydrogen) atoms. The van der Waals surface area contributed by atoms with Gasteiger partial charge in [-0.15, -0.1) is 0 Å². The Hall–Kier alpha value is -2.17. The van der Waals surface area contributed by atoms with E-state index in [0.717, 1.165) is 37.3 Å². The monoisotopic (exact) mass is 334 g/mol. The van der Waals surface area contributed by atoms with Gasteiger partial charge in [0.25, 0.3) is 0 Å². The van der Waals surface area contributed by atoms with E-state index in [1.807, 2.05) is 36.4 Å². The highest BCUT2D eigenvalue weighted by Crippen LogP contribution is 2.53. The van der Waals surface area contributed by atoms with Crippen molar-refractivity contribution >= 4 is 5.78 Å². The lowest BCUT2D eigenvalue weighted by Gasteiger charge is -2.65. The summed E-state index contributed by atoms with van der Waals surface area (Å²) in [7, 11) is 0. The Balaban J connectivity index is 1.62. The molecule has 4 heterocycles. The lowest BCUT2D eigenvalue weighted by atomic mass is 9.58. The van der Waals surface area contributed by atoms with Gasteiger partial charge in [0.1, 0.15) is 5.75 Å². The average molecular weight is 334 g/mol. The topological polar surface area (TPSA) is 43.8 Å². The standard InChI is InChI=1S/C21H22N2O2/c1-20-11-22-13-21(19(20)25,15-7-3-2-4-8-15)14-23(12-20)18(22)16-9-5-6-10-17(16)24/h2-10,18,24H,11-14H2,1H3. The van der Waals surface area contributed by atoms with Crippen molar-refractivity contribution in [3.05, 3.63) is 65.7 Å². The van der Waals surface area contributed by atoms with Crippen LogP contribution in [0.15, 0.2) is 54.6 Å². The van der Waals surface area contributed by atoms with Crippen LogP contribution in [0, 0.1) is 5.41 Å². The highest BCUT2D eigenvalue weighted by molar-refractivity contribution is 5.97. The normalized spacial score (nSPS) is 38.9. The molecular weight excluding hydrogens is 312 g/mol. The quantitative estimate of drug-likeness (QED) is 0.917. The number of aromatic hydroxyl groups is 1. The van der Waals surface area contributed by atoms with Crippen LogP contribution in [0.2, 0.25) is 0 Å². The third-order valence-corrected chi connectivity index (χ3v) is 6.27. The summed E-state index contributed by atoms with van der Waals surface area (Å²) in [5.74, 6) is 0.722. The minimum Gasteiger partial charge on any atom is -0.508 e. The molecule has 4 aliphatic rings. The highest BCUT2D eigenvalue weighted by atomic mass is 16.3. The van der Waals surface area contributed by atoms with Crippen LogP contribution >= 0.6 is 0 Å². The Kier molecular flexibility index (Phi) is 2.98. The fraction of sp³-hybridized carbons (Fsp3) is 0.381. The van der Waals surface area contributed by atoms with Gasteiger partial charge in [0.05, 0.1) is 17.0 Å². The van der Waals surface area contributed by atoms with Crippen LogP contribution in [-0.4, -0.2) is 46.9 Å². The van der Waals surface area contributed by atoms with Gasteiger partial charge < -0.3 is 5.11 Å². The number of ketones is 1. The van der Waals surface area contributed by atoms with E-state index in [1.54, 1.807) is 6.07 Å². The fourth-order valence-electron chi connectivity index (χ4n) is 5.41. The maximum Gasteiger partial charge on any atom is 0.154 e. The van der Waals surface area contributed by atoms with Crippen LogP contribution in [0.3, 0.4) is 0 Å². The average Bonchev–Trinajstić information content (AvgIpc) is 2.60. The summed E-state index contributed by atoms with van der Waals surface area (Å²) in [5, 5.41) is 10.4. The first-order valence-electron chi connectivity index (χ1n) is 8.90. The highest BCUT2D eigenvalue weighted by Gasteiger charge is 2.64. The molecule has 1 N–H and O–H groups in total. The summed E-state index contributed by atoms with van der Waals surface area (Å²) in [6, 6.07) is 17.8. The number of carbonyl (C=O) groups is 1. The lowest BCUT2D eigenvalue weighted by molar-refractivity contribution is -0.186. The number of benzene rings is 2. The van der Waals surface area contributed by atoms with Gasteiger partial charge in [0, 0.05) is 31.7 Å². The van der Waals surface area contributed by atoms with Crippen LogP contribution in [-0.2, 0) is 10.2 Å². The summed E-state index contributed by atoms with van der Waals surface area (Å²) in [6.07, 6.45) is 0.0548. The van der Waals surface area contributed by atoms with Gasteiger partial charge in [0.2, 0.25) is 0 Å². The minimum atomic E-state index is -0.451. The number of rotatable bonds is 2. The van der Waals surface area contributed by atoms with Gasteiger partial charge in [-0.25, -0.2) is 0 Å². The van der Waals surface area contributed by atoms with Crippen molar-refractivity contribution in [3.8, 4) is 5.75 Å². The number of nitrogens with zero attached hydrogens (tertiary/aromatic N) is 2. The first kappa shape index (κ1) is 15.1. The Morgan fingerprint density at radius 2 is 1.52 bits per heavy atom. The van der Waals surface area contributed by atoms with E-state index in [-0.39, 0.29) is 11.6 Å². The molecule has 4 heteroatoms. The molecule has 4 fully saturated rings. The van der Waals surface area contributed by atoms with E-state index in [4.69, 9.17) is 0 Å². The Morgan fingerprint density at radius 1 is 0.920 bits per heavy atom. The third-order valence-electron chi connectivity index (χ3n) is 6.27. The molecule has 6 rings (SSSR count). The van der Waals surface area contributed by atoms with E-state index < -0.39 is 5.41 Å². The van der Waals surface area contributed by atoms with E-state index >= 15 is 0 Å². The number of phenolic OH excluding ortho intramolecular Hbond substituents is 1. The Morgan fingerprint density at radius 3 is 2.16 bits per heavy atom. The van der Waals surface area contributed by atoms with Crippen LogP contribution in [0.25, 0.3) is 0 Å². The van der Waals surface area contributed by atoms with E-state index in [9.17, 15) is 9.90 Å². The van der Waals surface area contributed by atoms with Crippen LogP contribution in [0.1, 0.15) is 24.2 Å². The molecule has 0 aliphatic carbocycles. The predicted octanol–water partition coefficient (Wildman–Crippen LogP) is 2.55. The van der Waals surface area contributed by atoms with Crippen molar-refractivity contribution in [1.29, 1.82) is 0 Å².